The van der Waals surface area contributed by atoms with E-state index in [0.29, 0.717) is 0 Å². The molecule has 0 aromatic heterocycles. The Morgan fingerprint density at radius 3 is 1.57 bits per heavy atom. The van der Waals surface area contributed by atoms with Crippen LogP contribution in [-0.2, 0) is 0 Å². The second kappa shape index (κ2) is 9.16. The SMILES string of the molecule is C=C.FC(F)=CCl. The summed E-state index contributed by atoms with van der Waals surface area (Å²) in [6, 6.07) is 0. The van der Waals surface area contributed by atoms with Gasteiger partial charge in [-0.3, -0.25) is 0 Å². The Balaban J connectivity index is 0. The highest BCUT2D eigenvalue weighted by Crippen LogP contribution is 1.96. The minimum Gasteiger partial charge on any atom is -0.172 e. The van der Waals surface area contributed by atoms with Crippen LogP contribution in [0.2, 0.25) is 0 Å². The minimum absolute atomic E-state index is 0.222. The second-order valence-corrected chi connectivity index (χ2v) is 0.617. The highest BCUT2D eigenvalue weighted by Gasteiger charge is 1.76. The van der Waals surface area contributed by atoms with E-state index in [4.69, 9.17) is 0 Å². The Hall–Kier alpha value is -0.370. The monoisotopic (exact) mass is 126 g/mol. The third-order valence-corrected chi connectivity index (χ3v) is 0.247. The Morgan fingerprint density at radius 2 is 1.57 bits per heavy atom. The fourth-order valence-corrected chi connectivity index (χ4v) is 0. The van der Waals surface area contributed by atoms with Gasteiger partial charge in [-0.15, -0.1) is 13.2 Å². The van der Waals surface area contributed by atoms with Crippen molar-refractivity contribution in [1.82, 2.24) is 0 Å². The van der Waals surface area contributed by atoms with E-state index < -0.39 is 6.08 Å². The molecule has 0 heterocycles. The second-order valence-electron chi connectivity index (χ2n) is 0.399. The summed E-state index contributed by atoms with van der Waals surface area (Å²) < 4.78 is 21.0. The van der Waals surface area contributed by atoms with Gasteiger partial charge in [0, 0.05) is 0 Å². The lowest BCUT2D eigenvalue weighted by Crippen LogP contribution is -1.40. The predicted molar refractivity (Wildman–Crippen MR) is 27.4 cm³/mol. The lowest BCUT2D eigenvalue weighted by molar-refractivity contribution is 0.424. The van der Waals surface area contributed by atoms with Crippen LogP contribution in [-0.4, -0.2) is 0 Å². The van der Waals surface area contributed by atoms with Gasteiger partial charge >= 0.3 is 0 Å². The summed E-state index contributed by atoms with van der Waals surface area (Å²) in [5, 5.41) is 0. The quantitative estimate of drug-likeness (QED) is 0.438. The van der Waals surface area contributed by atoms with Crippen LogP contribution >= 0.6 is 11.6 Å². The summed E-state index contributed by atoms with van der Waals surface area (Å²) in [6.07, 6.45) is -1.85. The molecule has 0 aliphatic carbocycles. The Kier molecular flexibility index (Phi) is 12.8. The zero-order valence-corrected chi connectivity index (χ0v) is 4.38. The van der Waals surface area contributed by atoms with Crippen molar-refractivity contribution in [2.24, 2.45) is 0 Å². The largest absolute Gasteiger partial charge is 0.281 e. The minimum atomic E-state index is -1.85. The molecule has 0 nitrogen and oxygen atoms in total. The number of rotatable bonds is 0. The molecule has 0 aromatic carbocycles. The predicted octanol–water partition coefficient (Wildman–Crippen LogP) is 2.77. The van der Waals surface area contributed by atoms with E-state index in [1.807, 2.05) is 0 Å². The Morgan fingerprint density at radius 1 is 1.43 bits per heavy atom. The van der Waals surface area contributed by atoms with Gasteiger partial charge in [0.05, 0.1) is 5.54 Å². The molecule has 0 saturated carbocycles. The Bertz CT molecular complexity index is 56.7. The summed E-state index contributed by atoms with van der Waals surface area (Å²) >= 11 is 4.42. The third kappa shape index (κ3) is 27.9. The summed E-state index contributed by atoms with van der Waals surface area (Å²) in [6.45, 7) is 6.00. The number of halogens is 3. The van der Waals surface area contributed by atoms with Gasteiger partial charge in [-0.05, 0) is 0 Å². The van der Waals surface area contributed by atoms with E-state index in [9.17, 15) is 8.78 Å². The maximum atomic E-state index is 10.5. The van der Waals surface area contributed by atoms with Crippen LogP contribution in [0.5, 0.6) is 0 Å². The van der Waals surface area contributed by atoms with Crippen molar-refractivity contribution in [1.29, 1.82) is 0 Å². The van der Waals surface area contributed by atoms with Gasteiger partial charge < -0.3 is 0 Å². The third-order valence-electron chi connectivity index (χ3n) is 0.0825. The first-order valence-electron chi connectivity index (χ1n) is 1.38. The average Bonchev–Trinajstić information content (AvgIpc) is 1.73. The van der Waals surface area contributed by atoms with E-state index in [-0.39, 0.29) is 5.54 Å². The molecule has 0 bridgehead atoms. The van der Waals surface area contributed by atoms with Crippen molar-refractivity contribution in [2.45, 2.75) is 0 Å². The van der Waals surface area contributed by atoms with Crippen LogP contribution in [0.4, 0.5) is 8.78 Å². The topological polar surface area (TPSA) is 0 Å². The normalized spacial score (nSPS) is 5.57. The lowest BCUT2D eigenvalue weighted by atomic mass is 11.1. The molecule has 0 spiro atoms. The average molecular weight is 127 g/mol. The van der Waals surface area contributed by atoms with Crippen molar-refractivity contribution >= 4 is 11.6 Å². The molecule has 0 N–H and O–H groups in total. The molecule has 0 radical (unpaired) electrons. The highest BCUT2D eigenvalue weighted by atomic mass is 35.5. The van der Waals surface area contributed by atoms with E-state index in [0.717, 1.165) is 0 Å². The van der Waals surface area contributed by atoms with E-state index in [1.54, 1.807) is 0 Å². The van der Waals surface area contributed by atoms with Crippen molar-refractivity contribution in [3.63, 3.8) is 0 Å². The zero-order chi connectivity index (χ0) is 6.28. The van der Waals surface area contributed by atoms with Crippen LogP contribution in [0.3, 0.4) is 0 Å². The standard InChI is InChI=1S/C2HClF2.C2H4/c3-1-2(4)5;1-2/h1H;1-2H2. The van der Waals surface area contributed by atoms with Gasteiger partial charge in [0.15, 0.2) is 0 Å². The van der Waals surface area contributed by atoms with Gasteiger partial charge in [-0.1, -0.05) is 11.6 Å². The molecule has 42 valence electrons. The molecular weight excluding hydrogens is 121 g/mol. The molecule has 0 atom stereocenters. The summed E-state index contributed by atoms with van der Waals surface area (Å²) in [7, 11) is 0. The zero-order valence-electron chi connectivity index (χ0n) is 3.63. The van der Waals surface area contributed by atoms with Gasteiger partial charge in [0.25, 0.3) is 6.08 Å². The molecular formula is C4H5ClF2. The molecule has 0 rings (SSSR count). The molecule has 7 heavy (non-hydrogen) atoms. The van der Waals surface area contributed by atoms with Crippen LogP contribution < -0.4 is 0 Å². The summed E-state index contributed by atoms with van der Waals surface area (Å²) in [4.78, 5) is 0. The van der Waals surface area contributed by atoms with Crippen molar-refractivity contribution < 1.29 is 8.78 Å². The molecule has 3 heteroatoms. The van der Waals surface area contributed by atoms with E-state index in [1.165, 1.54) is 0 Å². The van der Waals surface area contributed by atoms with E-state index in [2.05, 4.69) is 24.8 Å². The highest BCUT2D eigenvalue weighted by molar-refractivity contribution is 6.25. The molecule has 0 fully saturated rings. The number of hydrogen-bond donors (Lipinski definition) is 0. The summed E-state index contributed by atoms with van der Waals surface area (Å²) in [5.74, 6) is 0. The van der Waals surface area contributed by atoms with Crippen molar-refractivity contribution in [3.8, 4) is 0 Å². The van der Waals surface area contributed by atoms with Crippen LogP contribution in [0.15, 0.2) is 24.8 Å². The smallest absolute Gasteiger partial charge is 0.172 e. The van der Waals surface area contributed by atoms with Gasteiger partial charge in [0.1, 0.15) is 0 Å². The lowest BCUT2D eigenvalue weighted by Gasteiger charge is -1.60. The summed E-state index contributed by atoms with van der Waals surface area (Å²) in [5.41, 5.74) is 0.222. The molecule has 0 unspecified atom stereocenters. The Labute approximate surface area is 46.1 Å². The van der Waals surface area contributed by atoms with Crippen LogP contribution in [0, 0.1) is 0 Å². The maximum absolute atomic E-state index is 10.5. The first kappa shape index (κ1) is 9.80. The van der Waals surface area contributed by atoms with Crippen LogP contribution in [0.1, 0.15) is 0 Å². The first-order valence-corrected chi connectivity index (χ1v) is 1.82. The fourth-order valence-electron chi connectivity index (χ4n) is 0. The van der Waals surface area contributed by atoms with Gasteiger partial charge in [-0.2, -0.15) is 8.78 Å². The van der Waals surface area contributed by atoms with E-state index >= 15 is 0 Å². The maximum Gasteiger partial charge on any atom is 0.281 e. The molecule has 0 aliphatic heterocycles. The molecule has 0 aromatic rings. The number of hydrogen-bond acceptors (Lipinski definition) is 0. The van der Waals surface area contributed by atoms with Gasteiger partial charge in [0.2, 0.25) is 0 Å². The van der Waals surface area contributed by atoms with Gasteiger partial charge in [-0.25, -0.2) is 0 Å². The molecule has 0 aliphatic rings. The van der Waals surface area contributed by atoms with Crippen molar-refractivity contribution in [3.05, 3.63) is 24.8 Å². The first-order chi connectivity index (χ1) is 3.27. The fraction of sp³-hybridized carbons (Fsp3) is 0. The molecule has 0 saturated heterocycles. The van der Waals surface area contributed by atoms with Crippen molar-refractivity contribution in [2.75, 3.05) is 0 Å². The van der Waals surface area contributed by atoms with Crippen LogP contribution in [0.25, 0.3) is 0 Å². The molecule has 0 amide bonds.